The molecule has 0 spiro atoms. The van der Waals surface area contributed by atoms with Gasteiger partial charge in [0.05, 0.1) is 25.2 Å². The molecule has 1 aliphatic heterocycles. The maximum Gasteiger partial charge on any atom is 0.0933 e. The van der Waals surface area contributed by atoms with E-state index in [0.717, 1.165) is 6.42 Å². The summed E-state index contributed by atoms with van der Waals surface area (Å²) >= 11 is 0. The molecule has 1 rings (SSSR count). The van der Waals surface area contributed by atoms with E-state index in [-0.39, 0.29) is 12.0 Å². The molecule has 1 fully saturated rings. The summed E-state index contributed by atoms with van der Waals surface area (Å²) in [4.78, 5) is 0. The van der Waals surface area contributed by atoms with E-state index in [1.165, 1.54) is 19.3 Å². The lowest BCUT2D eigenvalue weighted by Crippen LogP contribution is -2.15. The molecular formula is C11H18O2. The topological polar surface area (TPSA) is 29.5 Å². The Kier molecular flexibility index (Phi) is 4.88. The summed E-state index contributed by atoms with van der Waals surface area (Å²) in [7, 11) is 0. The SMILES string of the molecule is CCCCCC#C[C@@H]1COC[C@H]1O. The van der Waals surface area contributed by atoms with Crippen LogP contribution in [0, 0.1) is 17.8 Å². The number of unbranched alkanes of at least 4 members (excludes halogenated alkanes) is 3. The summed E-state index contributed by atoms with van der Waals surface area (Å²) in [6.45, 7) is 3.23. The highest BCUT2D eigenvalue weighted by molar-refractivity contribution is 5.07. The molecular weight excluding hydrogens is 164 g/mol. The van der Waals surface area contributed by atoms with E-state index in [2.05, 4.69) is 18.8 Å². The summed E-state index contributed by atoms with van der Waals surface area (Å²) in [5, 5.41) is 9.36. The van der Waals surface area contributed by atoms with E-state index in [1.54, 1.807) is 0 Å². The molecule has 0 aromatic carbocycles. The predicted octanol–water partition coefficient (Wildman–Crippen LogP) is 1.58. The zero-order chi connectivity index (χ0) is 9.52. The van der Waals surface area contributed by atoms with Gasteiger partial charge in [-0.3, -0.25) is 0 Å². The van der Waals surface area contributed by atoms with Gasteiger partial charge in [0.1, 0.15) is 0 Å². The molecule has 0 unspecified atom stereocenters. The minimum atomic E-state index is -0.362. The van der Waals surface area contributed by atoms with Gasteiger partial charge in [0.2, 0.25) is 0 Å². The molecule has 2 nitrogen and oxygen atoms in total. The third-order valence-corrected chi connectivity index (χ3v) is 2.24. The molecule has 1 heterocycles. The largest absolute Gasteiger partial charge is 0.389 e. The summed E-state index contributed by atoms with van der Waals surface area (Å²) in [6, 6.07) is 0. The number of rotatable bonds is 3. The van der Waals surface area contributed by atoms with Gasteiger partial charge < -0.3 is 9.84 Å². The van der Waals surface area contributed by atoms with Crippen molar-refractivity contribution in [2.45, 2.75) is 38.7 Å². The number of hydrogen-bond acceptors (Lipinski definition) is 2. The van der Waals surface area contributed by atoms with Crippen molar-refractivity contribution in [3.05, 3.63) is 0 Å². The van der Waals surface area contributed by atoms with Crippen molar-refractivity contribution < 1.29 is 9.84 Å². The van der Waals surface area contributed by atoms with Crippen LogP contribution >= 0.6 is 0 Å². The second-order valence-corrected chi connectivity index (χ2v) is 3.49. The van der Waals surface area contributed by atoms with E-state index < -0.39 is 0 Å². The Bertz CT molecular complexity index is 190. The monoisotopic (exact) mass is 182 g/mol. The minimum Gasteiger partial charge on any atom is -0.389 e. The fourth-order valence-electron chi connectivity index (χ4n) is 1.35. The molecule has 0 aromatic rings. The van der Waals surface area contributed by atoms with Gasteiger partial charge in [-0.25, -0.2) is 0 Å². The molecule has 74 valence electrons. The van der Waals surface area contributed by atoms with E-state index in [1.807, 2.05) is 0 Å². The van der Waals surface area contributed by atoms with E-state index in [9.17, 15) is 5.11 Å². The molecule has 1 aliphatic rings. The molecule has 13 heavy (non-hydrogen) atoms. The van der Waals surface area contributed by atoms with E-state index in [0.29, 0.717) is 13.2 Å². The van der Waals surface area contributed by atoms with Crippen molar-refractivity contribution in [1.82, 2.24) is 0 Å². The van der Waals surface area contributed by atoms with Gasteiger partial charge in [-0.1, -0.05) is 25.7 Å². The van der Waals surface area contributed by atoms with Gasteiger partial charge in [0.15, 0.2) is 0 Å². The third kappa shape index (κ3) is 3.80. The predicted molar refractivity (Wildman–Crippen MR) is 52.2 cm³/mol. The first-order valence-electron chi connectivity index (χ1n) is 5.08. The Hall–Kier alpha value is -0.520. The second kappa shape index (κ2) is 6.01. The van der Waals surface area contributed by atoms with Crippen LogP contribution in [0.2, 0.25) is 0 Å². The second-order valence-electron chi connectivity index (χ2n) is 3.49. The van der Waals surface area contributed by atoms with Crippen molar-refractivity contribution >= 4 is 0 Å². The summed E-state index contributed by atoms with van der Waals surface area (Å²) in [6.07, 6.45) is 4.25. The van der Waals surface area contributed by atoms with Crippen LogP contribution in [0.15, 0.2) is 0 Å². The van der Waals surface area contributed by atoms with Crippen molar-refractivity contribution in [3.8, 4) is 11.8 Å². The first-order chi connectivity index (χ1) is 6.34. The number of aliphatic hydroxyl groups is 1. The first kappa shape index (κ1) is 10.6. The van der Waals surface area contributed by atoms with Gasteiger partial charge in [-0.2, -0.15) is 0 Å². The highest BCUT2D eigenvalue weighted by atomic mass is 16.5. The maximum absolute atomic E-state index is 9.36. The van der Waals surface area contributed by atoms with Crippen LogP contribution in [0.3, 0.4) is 0 Å². The molecule has 0 amide bonds. The first-order valence-corrected chi connectivity index (χ1v) is 5.08. The molecule has 0 bridgehead atoms. The molecule has 2 atom stereocenters. The van der Waals surface area contributed by atoms with Gasteiger partial charge in [-0.05, 0) is 6.42 Å². The fraction of sp³-hybridized carbons (Fsp3) is 0.818. The quantitative estimate of drug-likeness (QED) is 0.530. The van der Waals surface area contributed by atoms with Gasteiger partial charge in [0.25, 0.3) is 0 Å². The highest BCUT2D eigenvalue weighted by Gasteiger charge is 2.23. The van der Waals surface area contributed by atoms with Gasteiger partial charge in [-0.15, -0.1) is 5.92 Å². The molecule has 0 saturated carbocycles. The van der Waals surface area contributed by atoms with Crippen LogP contribution in [-0.2, 0) is 4.74 Å². The maximum atomic E-state index is 9.36. The van der Waals surface area contributed by atoms with Crippen LogP contribution < -0.4 is 0 Å². The number of aliphatic hydroxyl groups excluding tert-OH is 1. The zero-order valence-electron chi connectivity index (χ0n) is 8.25. The molecule has 0 aromatic heterocycles. The normalized spacial score (nSPS) is 26.9. The summed E-state index contributed by atoms with van der Waals surface area (Å²) < 4.78 is 5.10. The summed E-state index contributed by atoms with van der Waals surface area (Å²) in [5.74, 6) is 6.22. The van der Waals surface area contributed by atoms with Crippen molar-refractivity contribution in [3.63, 3.8) is 0 Å². The Morgan fingerprint density at radius 1 is 1.38 bits per heavy atom. The molecule has 1 saturated heterocycles. The zero-order valence-corrected chi connectivity index (χ0v) is 8.25. The Balaban J connectivity index is 2.14. The lowest BCUT2D eigenvalue weighted by atomic mass is 10.1. The Labute approximate surface area is 80.3 Å². The fourth-order valence-corrected chi connectivity index (χ4v) is 1.35. The van der Waals surface area contributed by atoms with Crippen LogP contribution in [0.1, 0.15) is 32.6 Å². The number of hydrogen-bond donors (Lipinski definition) is 1. The molecule has 0 aliphatic carbocycles. The smallest absolute Gasteiger partial charge is 0.0933 e. The average Bonchev–Trinajstić information content (AvgIpc) is 2.52. The van der Waals surface area contributed by atoms with Crippen LogP contribution in [0.4, 0.5) is 0 Å². The standard InChI is InChI=1S/C11H18O2/c1-2-3-4-5-6-7-10-8-13-9-11(10)12/h10-12H,2-5,8-9H2,1H3/t10-,11-/m1/s1. The lowest BCUT2D eigenvalue weighted by Gasteiger charge is -2.01. The summed E-state index contributed by atoms with van der Waals surface area (Å²) in [5.41, 5.74) is 0. The van der Waals surface area contributed by atoms with Gasteiger partial charge in [0, 0.05) is 6.42 Å². The van der Waals surface area contributed by atoms with Crippen LogP contribution in [-0.4, -0.2) is 24.4 Å². The average molecular weight is 182 g/mol. The molecule has 1 N–H and O–H groups in total. The highest BCUT2D eigenvalue weighted by Crippen LogP contribution is 2.11. The lowest BCUT2D eigenvalue weighted by molar-refractivity contribution is 0.123. The number of ether oxygens (including phenoxy) is 1. The minimum absolute atomic E-state index is 0.0571. The van der Waals surface area contributed by atoms with Crippen molar-refractivity contribution in [2.24, 2.45) is 5.92 Å². The Morgan fingerprint density at radius 2 is 2.23 bits per heavy atom. The third-order valence-electron chi connectivity index (χ3n) is 2.24. The van der Waals surface area contributed by atoms with E-state index in [4.69, 9.17) is 4.74 Å². The van der Waals surface area contributed by atoms with Crippen LogP contribution in [0.5, 0.6) is 0 Å². The molecule has 0 radical (unpaired) electrons. The van der Waals surface area contributed by atoms with Crippen LogP contribution in [0.25, 0.3) is 0 Å². The van der Waals surface area contributed by atoms with Crippen molar-refractivity contribution in [2.75, 3.05) is 13.2 Å². The van der Waals surface area contributed by atoms with Crippen molar-refractivity contribution in [1.29, 1.82) is 0 Å². The van der Waals surface area contributed by atoms with E-state index >= 15 is 0 Å². The Morgan fingerprint density at radius 3 is 2.85 bits per heavy atom. The van der Waals surface area contributed by atoms with Gasteiger partial charge >= 0.3 is 0 Å². The molecule has 2 heteroatoms.